The van der Waals surface area contributed by atoms with Gasteiger partial charge in [0, 0.05) is 12.2 Å². The maximum Gasteiger partial charge on any atom is 0.274 e. The fourth-order valence-electron chi connectivity index (χ4n) is 4.82. The molecule has 0 spiro atoms. The van der Waals surface area contributed by atoms with Gasteiger partial charge in [0.05, 0.1) is 6.54 Å². The molecule has 3 aromatic rings. The van der Waals surface area contributed by atoms with E-state index in [2.05, 4.69) is 60.0 Å². The minimum absolute atomic E-state index is 0.105. The molecule has 0 amide bonds. The third-order valence-corrected chi connectivity index (χ3v) is 6.71. The first kappa shape index (κ1) is 19.2. The predicted molar refractivity (Wildman–Crippen MR) is 123 cm³/mol. The van der Waals surface area contributed by atoms with E-state index in [0.717, 1.165) is 18.5 Å². The van der Waals surface area contributed by atoms with Crippen LogP contribution in [0.25, 0.3) is 0 Å². The number of benzene rings is 2. The van der Waals surface area contributed by atoms with Crippen molar-refractivity contribution in [3.63, 3.8) is 0 Å². The number of hydrogen-bond acceptors (Lipinski definition) is 2. The second-order valence-electron chi connectivity index (χ2n) is 8.98. The van der Waals surface area contributed by atoms with Crippen LogP contribution in [0, 0.1) is 0 Å². The van der Waals surface area contributed by atoms with Crippen LogP contribution >= 0.6 is 0 Å². The summed E-state index contributed by atoms with van der Waals surface area (Å²) in [6.07, 6.45) is 9.17. The van der Waals surface area contributed by atoms with E-state index in [0.29, 0.717) is 24.4 Å². The first-order chi connectivity index (χ1) is 14.8. The summed E-state index contributed by atoms with van der Waals surface area (Å²) in [4.78, 5) is 13.2. The van der Waals surface area contributed by atoms with Crippen LogP contribution < -0.4 is 10.9 Å². The molecule has 3 nitrogen and oxygen atoms in total. The second kappa shape index (κ2) is 8.51. The van der Waals surface area contributed by atoms with Crippen LogP contribution in [0.4, 0.5) is 5.69 Å². The minimum Gasteiger partial charge on any atom is -0.378 e. The second-order valence-corrected chi connectivity index (χ2v) is 8.98. The molecule has 2 aliphatic rings. The standard InChI is InChI=1S/C27H30N2O/c30-27-26(28-25-15-13-22(14-16-25)21-9-5-2-6-10-21)17-24(23-11-12-23)19-29(27)18-20-7-3-1-4-8-20/h1-10,17,19,22-23,25,28H,11-16,18H2/t22-,25+. The molecule has 30 heavy (non-hydrogen) atoms. The number of nitrogens with one attached hydrogen (secondary N) is 1. The summed E-state index contributed by atoms with van der Waals surface area (Å²) >= 11 is 0. The molecular formula is C27H30N2O. The molecule has 2 aliphatic carbocycles. The van der Waals surface area contributed by atoms with Gasteiger partial charge in [0.2, 0.25) is 0 Å². The molecule has 0 aliphatic heterocycles. The normalized spacial score (nSPS) is 21.3. The number of rotatable bonds is 6. The van der Waals surface area contributed by atoms with E-state index in [1.807, 2.05) is 22.8 Å². The Morgan fingerprint density at radius 3 is 2.03 bits per heavy atom. The van der Waals surface area contributed by atoms with Gasteiger partial charge in [-0.3, -0.25) is 4.79 Å². The predicted octanol–water partition coefficient (Wildman–Crippen LogP) is 5.91. The smallest absolute Gasteiger partial charge is 0.274 e. The largest absolute Gasteiger partial charge is 0.378 e. The van der Waals surface area contributed by atoms with E-state index >= 15 is 0 Å². The average molecular weight is 399 g/mol. The molecule has 1 heterocycles. The van der Waals surface area contributed by atoms with Gasteiger partial charge < -0.3 is 9.88 Å². The lowest BCUT2D eigenvalue weighted by molar-refractivity contribution is 0.412. The van der Waals surface area contributed by atoms with E-state index in [9.17, 15) is 4.79 Å². The zero-order valence-electron chi connectivity index (χ0n) is 17.5. The first-order valence-corrected chi connectivity index (χ1v) is 11.4. The van der Waals surface area contributed by atoms with Gasteiger partial charge >= 0.3 is 0 Å². The molecule has 2 saturated carbocycles. The summed E-state index contributed by atoms with van der Waals surface area (Å²) < 4.78 is 1.90. The van der Waals surface area contributed by atoms with E-state index in [1.54, 1.807) is 0 Å². The Bertz CT molecular complexity index is 1030. The molecule has 0 bridgehead atoms. The van der Waals surface area contributed by atoms with Crippen molar-refractivity contribution in [2.75, 3.05) is 5.32 Å². The van der Waals surface area contributed by atoms with Gasteiger partial charge in [-0.2, -0.15) is 0 Å². The minimum atomic E-state index is 0.105. The van der Waals surface area contributed by atoms with Crippen molar-refractivity contribution >= 4 is 5.69 Å². The van der Waals surface area contributed by atoms with Gasteiger partial charge in [0.15, 0.2) is 0 Å². The molecule has 2 aromatic carbocycles. The van der Waals surface area contributed by atoms with Crippen molar-refractivity contribution in [1.82, 2.24) is 4.57 Å². The molecule has 5 rings (SSSR count). The maximum atomic E-state index is 13.2. The van der Waals surface area contributed by atoms with Crippen LogP contribution in [-0.2, 0) is 6.54 Å². The Kier molecular flexibility index (Phi) is 5.44. The Morgan fingerprint density at radius 1 is 0.767 bits per heavy atom. The molecule has 3 heteroatoms. The maximum absolute atomic E-state index is 13.2. The van der Waals surface area contributed by atoms with Crippen LogP contribution in [0.15, 0.2) is 77.7 Å². The topological polar surface area (TPSA) is 34.0 Å². The third kappa shape index (κ3) is 4.35. The van der Waals surface area contributed by atoms with Gasteiger partial charge in [-0.1, -0.05) is 60.7 Å². The van der Waals surface area contributed by atoms with Crippen LogP contribution in [0.3, 0.4) is 0 Å². The van der Waals surface area contributed by atoms with Gasteiger partial charge in [0.25, 0.3) is 5.56 Å². The van der Waals surface area contributed by atoms with E-state index in [1.165, 1.54) is 42.4 Å². The summed E-state index contributed by atoms with van der Waals surface area (Å²) in [5.74, 6) is 1.28. The zero-order valence-corrected chi connectivity index (χ0v) is 17.5. The highest BCUT2D eigenvalue weighted by Crippen LogP contribution is 2.40. The third-order valence-electron chi connectivity index (χ3n) is 6.71. The Balaban J connectivity index is 1.32. The van der Waals surface area contributed by atoms with Crippen molar-refractivity contribution < 1.29 is 0 Å². The highest BCUT2D eigenvalue weighted by Gasteiger charge is 2.27. The highest BCUT2D eigenvalue weighted by molar-refractivity contribution is 5.46. The van der Waals surface area contributed by atoms with Crippen molar-refractivity contribution in [3.8, 4) is 0 Å². The number of aromatic nitrogens is 1. The molecule has 0 unspecified atom stereocenters. The van der Waals surface area contributed by atoms with Crippen molar-refractivity contribution in [2.24, 2.45) is 0 Å². The molecule has 0 saturated heterocycles. The van der Waals surface area contributed by atoms with Crippen LogP contribution in [-0.4, -0.2) is 10.6 Å². The van der Waals surface area contributed by atoms with Gasteiger partial charge in [0.1, 0.15) is 5.69 Å². The van der Waals surface area contributed by atoms with Gasteiger partial charge in [-0.25, -0.2) is 0 Å². The molecule has 1 N–H and O–H groups in total. The SMILES string of the molecule is O=c1c(N[C@H]2CC[C@@H](c3ccccc3)CC2)cc(C2CC2)cn1Cc1ccccc1. The number of hydrogen-bond donors (Lipinski definition) is 1. The van der Waals surface area contributed by atoms with Crippen molar-refractivity contribution in [2.45, 2.75) is 62.9 Å². The first-order valence-electron chi connectivity index (χ1n) is 11.4. The molecule has 0 radical (unpaired) electrons. The lowest BCUT2D eigenvalue weighted by Crippen LogP contribution is -2.31. The Hall–Kier alpha value is -2.81. The average Bonchev–Trinajstić information content (AvgIpc) is 3.64. The van der Waals surface area contributed by atoms with Crippen LogP contribution in [0.5, 0.6) is 0 Å². The van der Waals surface area contributed by atoms with Crippen LogP contribution in [0.1, 0.15) is 67.1 Å². The number of pyridine rings is 1. The zero-order chi connectivity index (χ0) is 20.3. The molecule has 154 valence electrons. The quantitative estimate of drug-likeness (QED) is 0.560. The van der Waals surface area contributed by atoms with Gasteiger partial charge in [-0.15, -0.1) is 0 Å². The molecule has 2 fully saturated rings. The number of nitrogens with zero attached hydrogens (tertiary/aromatic N) is 1. The summed E-state index contributed by atoms with van der Waals surface area (Å²) in [6.45, 7) is 0.635. The van der Waals surface area contributed by atoms with Crippen molar-refractivity contribution in [1.29, 1.82) is 0 Å². The van der Waals surface area contributed by atoms with Crippen LogP contribution in [0.2, 0.25) is 0 Å². The Labute approximate surface area is 178 Å². The number of anilines is 1. The van der Waals surface area contributed by atoms with E-state index in [4.69, 9.17) is 0 Å². The molecule has 0 atom stereocenters. The fourth-order valence-corrected chi connectivity index (χ4v) is 4.82. The molecular weight excluding hydrogens is 368 g/mol. The van der Waals surface area contributed by atoms with Gasteiger partial charge in [-0.05, 0) is 73.1 Å². The lowest BCUT2D eigenvalue weighted by Gasteiger charge is -2.30. The fraction of sp³-hybridized carbons (Fsp3) is 0.370. The summed E-state index contributed by atoms with van der Waals surface area (Å²) in [5.41, 5.74) is 4.83. The Morgan fingerprint density at radius 2 is 1.37 bits per heavy atom. The summed E-state index contributed by atoms with van der Waals surface area (Å²) in [7, 11) is 0. The monoisotopic (exact) mass is 398 g/mol. The van der Waals surface area contributed by atoms with Crippen molar-refractivity contribution in [3.05, 3.63) is 100.0 Å². The van der Waals surface area contributed by atoms with E-state index in [-0.39, 0.29) is 5.56 Å². The molecule has 1 aromatic heterocycles. The highest BCUT2D eigenvalue weighted by atomic mass is 16.1. The van der Waals surface area contributed by atoms with E-state index < -0.39 is 0 Å². The summed E-state index contributed by atoms with van der Waals surface area (Å²) in [6, 6.07) is 23.7. The lowest BCUT2D eigenvalue weighted by atomic mass is 9.82. The summed E-state index contributed by atoms with van der Waals surface area (Å²) in [5, 5.41) is 3.64.